The van der Waals surface area contributed by atoms with Crippen molar-refractivity contribution in [3.8, 4) is 18.1 Å². The normalized spacial score (nSPS) is 9.31. The molecule has 0 aliphatic heterocycles. The van der Waals surface area contributed by atoms with Gasteiger partial charge in [0.15, 0.2) is 11.6 Å². The van der Waals surface area contributed by atoms with Crippen LogP contribution in [0.4, 0.5) is 10.1 Å². The van der Waals surface area contributed by atoms with Gasteiger partial charge in [-0.3, -0.25) is 0 Å². The fraction of sp³-hybridized carbons (Fsp3) is 0.200. The molecule has 2 N–H and O–H groups in total. The van der Waals surface area contributed by atoms with Crippen LogP contribution in [0.3, 0.4) is 0 Å². The Morgan fingerprint density at radius 1 is 1.62 bits per heavy atom. The van der Waals surface area contributed by atoms with E-state index in [-0.39, 0.29) is 12.4 Å². The lowest BCUT2D eigenvalue weighted by Gasteiger charge is -2.06. The van der Waals surface area contributed by atoms with Gasteiger partial charge in [-0.25, -0.2) is 4.39 Å². The van der Waals surface area contributed by atoms with Crippen LogP contribution in [0.5, 0.6) is 5.75 Å². The number of aryl methyl sites for hydroxylation is 1. The number of hydrogen-bond acceptors (Lipinski definition) is 2. The predicted molar refractivity (Wildman–Crippen MR) is 49.9 cm³/mol. The third kappa shape index (κ3) is 2.12. The van der Waals surface area contributed by atoms with Crippen LogP contribution in [0, 0.1) is 25.1 Å². The first kappa shape index (κ1) is 9.40. The summed E-state index contributed by atoms with van der Waals surface area (Å²) in [7, 11) is 0. The molecule has 68 valence electrons. The van der Waals surface area contributed by atoms with Gasteiger partial charge in [-0.1, -0.05) is 5.92 Å². The van der Waals surface area contributed by atoms with E-state index < -0.39 is 5.82 Å². The molecule has 1 aromatic carbocycles. The number of benzene rings is 1. The van der Waals surface area contributed by atoms with E-state index in [2.05, 4.69) is 5.92 Å². The molecule has 0 atom stereocenters. The Kier molecular flexibility index (Phi) is 2.76. The molecule has 0 aliphatic carbocycles. The number of terminal acetylenes is 1. The molecule has 0 amide bonds. The van der Waals surface area contributed by atoms with Crippen LogP contribution in [0.25, 0.3) is 0 Å². The molecule has 13 heavy (non-hydrogen) atoms. The number of halogens is 1. The van der Waals surface area contributed by atoms with Crippen LogP contribution < -0.4 is 10.5 Å². The van der Waals surface area contributed by atoms with E-state index in [1.54, 1.807) is 6.92 Å². The second-order valence-corrected chi connectivity index (χ2v) is 2.63. The average molecular weight is 179 g/mol. The molecule has 0 radical (unpaired) electrons. The number of nitrogen functional groups attached to an aromatic ring is 1. The largest absolute Gasteiger partial charge is 0.478 e. The summed E-state index contributed by atoms with van der Waals surface area (Å²) < 4.78 is 18.0. The second kappa shape index (κ2) is 3.81. The lowest BCUT2D eigenvalue weighted by molar-refractivity contribution is 0.348. The Balaban J connectivity index is 2.96. The van der Waals surface area contributed by atoms with Gasteiger partial charge in [-0.2, -0.15) is 0 Å². The zero-order valence-corrected chi connectivity index (χ0v) is 7.30. The second-order valence-electron chi connectivity index (χ2n) is 2.63. The molecule has 0 bridgehead atoms. The zero-order valence-electron chi connectivity index (χ0n) is 7.30. The summed E-state index contributed by atoms with van der Waals surface area (Å²) in [4.78, 5) is 0. The van der Waals surface area contributed by atoms with Gasteiger partial charge in [0, 0.05) is 11.8 Å². The predicted octanol–water partition coefficient (Wildman–Crippen LogP) is 1.73. The Labute approximate surface area is 76.5 Å². The van der Waals surface area contributed by atoms with Gasteiger partial charge < -0.3 is 10.5 Å². The Morgan fingerprint density at radius 2 is 2.31 bits per heavy atom. The number of nitrogens with two attached hydrogens (primary N) is 1. The number of hydrogen-bond donors (Lipinski definition) is 1. The van der Waals surface area contributed by atoms with Crippen molar-refractivity contribution in [2.45, 2.75) is 6.92 Å². The lowest BCUT2D eigenvalue weighted by atomic mass is 10.2. The van der Waals surface area contributed by atoms with Crippen molar-refractivity contribution in [1.29, 1.82) is 0 Å². The smallest absolute Gasteiger partial charge is 0.167 e. The summed E-state index contributed by atoms with van der Waals surface area (Å²) >= 11 is 0. The molecule has 1 rings (SSSR count). The number of rotatable bonds is 2. The molecule has 0 fully saturated rings. The molecule has 3 heteroatoms. The number of ether oxygens (including phenoxy) is 1. The maximum absolute atomic E-state index is 13.1. The minimum absolute atomic E-state index is 0.0558. The molecule has 2 nitrogen and oxygen atoms in total. The van der Waals surface area contributed by atoms with Gasteiger partial charge in [0.25, 0.3) is 0 Å². The number of anilines is 1. The van der Waals surface area contributed by atoms with Crippen molar-refractivity contribution >= 4 is 5.69 Å². The fourth-order valence-electron chi connectivity index (χ4n) is 0.900. The minimum Gasteiger partial charge on any atom is -0.478 e. The van der Waals surface area contributed by atoms with E-state index in [0.29, 0.717) is 5.69 Å². The lowest BCUT2D eigenvalue weighted by Crippen LogP contribution is -1.99. The van der Waals surface area contributed by atoms with Crippen LogP contribution >= 0.6 is 0 Å². The van der Waals surface area contributed by atoms with Crippen molar-refractivity contribution in [1.82, 2.24) is 0 Å². The van der Waals surface area contributed by atoms with E-state index in [9.17, 15) is 4.39 Å². The summed E-state index contributed by atoms with van der Waals surface area (Å²) in [6, 6.07) is 2.75. The van der Waals surface area contributed by atoms with E-state index in [1.807, 2.05) is 0 Å². The van der Waals surface area contributed by atoms with Gasteiger partial charge in [-0.15, -0.1) is 6.42 Å². The Morgan fingerprint density at radius 3 is 2.92 bits per heavy atom. The molecule has 0 saturated heterocycles. The fourth-order valence-corrected chi connectivity index (χ4v) is 0.900. The SMILES string of the molecule is C#CCOc1cc(C)c(N)cc1F. The summed E-state index contributed by atoms with van der Waals surface area (Å²) in [5.74, 6) is 1.91. The van der Waals surface area contributed by atoms with Gasteiger partial charge in [0.05, 0.1) is 0 Å². The van der Waals surface area contributed by atoms with Crippen molar-refractivity contribution in [2.24, 2.45) is 0 Å². The summed E-state index contributed by atoms with van der Waals surface area (Å²) in [6.07, 6.45) is 4.97. The summed E-state index contributed by atoms with van der Waals surface area (Å²) in [6.45, 7) is 1.83. The molecule has 0 aliphatic rings. The highest BCUT2D eigenvalue weighted by molar-refractivity contribution is 5.50. The molecule has 0 heterocycles. The third-order valence-electron chi connectivity index (χ3n) is 1.63. The molecule has 1 aromatic rings. The standard InChI is InChI=1S/C10H10FNO/c1-3-4-13-10-5-7(2)9(12)6-8(10)11/h1,5-6H,4,12H2,2H3. The quantitative estimate of drug-likeness (QED) is 0.554. The summed E-state index contributed by atoms with van der Waals surface area (Å²) in [5, 5.41) is 0. The zero-order chi connectivity index (χ0) is 9.84. The van der Waals surface area contributed by atoms with Crippen molar-refractivity contribution in [3.05, 3.63) is 23.5 Å². The molecule has 0 aromatic heterocycles. The van der Waals surface area contributed by atoms with Crippen LogP contribution in [-0.4, -0.2) is 6.61 Å². The van der Waals surface area contributed by atoms with Crippen molar-refractivity contribution in [3.63, 3.8) is 0 Å². The highest BCUT2D eigenvalue weighted by Crippen LogP contribution is 2.23. The third-order valence-corrected chi connectivity index (χ3v) is 1.63. The van der Waals surface area contributed by atoms with E-state index in [0.717, 1.165) is 5.56 Å². The van der Waals surface area contributed by atoms with Crippen LogP contribution in [0.1, 0.15) is 5.56 Å². The van der Waals surface area contributed by atoms with Crippen LogP contribution in [0.2, 0.25) is 0 Å². The topological polar surface area (TPSA) is 35.2 Å². The Hall–Kier alpha value is -1.69. The van der Waals surface area contributed by atoms with Crippen LogP contribution in [0.15, 0.2) is 12.1 Å². The first-order chi connectivity index (χ1) is 6.15. The molecular formula is C10H10FNO. The van der Waals surface area contributed by atoms with E-state index in [4.69, 9.17) is 16.9 Å². The van der Waals surface area contributed by atoms with Crippen LogP contribution in [-0.2, 0) is 0 Å². The highest BCUT2D eigenvalue weighted by Gasteiger charge is 2.05. The van der Waals surface area contributed by atoms with E-state index in [1.165, 1.54) is 12.1 Å². The summed E-state index contributed by atoms with van der Waals surface area (Å²) in [5.41, 5.74) is 6.66. The van der Waals surface area contributed by atoms with Gasteiger partial charge in [0.2, 0.25) is 0 Å². The van der Waals surface area contributed by atoms with Crippen molar-refractivity contribution < 1.29 is 9.13 Å². The minimum atomic E-state index is -0.488. The monoisotopic (exact) mass is 179 g/mol. The first-order valence-electron chi connectivity index (χ1n) is 3.77. The van der Waals surface area contributed by atoms with E-state index >= 15 is 0 Å². The maximum atomic E-state index is 13.1. The van der Waals surface area contributed by atoms with Gasteiger partial charge in [0.1, 0.15) is 6.61 Å². The molecule has 0 saturated carbocycles. The highest BCUT2D eigenvalue weighted by atomic mass is 19.1. The van der Waals surface area contributed by atoms with Gasteiger partial charge in [-0.05, 0) is 18.6 Å². The first-order valence-corrected chi connectivity index (χ1v) is 3.77. The maximum Gasteiger partial charge on any atom is 0.167 e. The molecule has 0 spiro atoms. The molecule has 0 unspecified atom stereocenters. The Bertz CT molecular complexity index is 355. The average Bonchev–Trinajstić information content (AvgIpc) is 2.09. The van der Waals surface area contributed by atoms with Gasteiger partial charge >= 0.3 is 0 Å². The molecular weight excluding hydrogens is 169 g/mol. The van der Waals surface area contributed by atoms with Crippen molar-refractivity contribution in [2.75, 3.05) is 12.3 Å².